The van der Waals surface area contributed by atoms with E-state index in [-0.39, 0.29) is 22.8 Å². The summed E-state index contributed by atoms with van der Waals surface area (Å²) < 4.78 is 34.1. The van der Waals surface area contributed by atoms with Gasteiger partial charge in [0, 0.05) is 13.1 Å². The zero-order valence-corrected chi connectivity index (χ0v) is 17.8. The minimum Gasteiger partial charge on any atom is -0.496 e. The van der Waals surface area contributed by atoms with E-state index in [4.69, 9.17) is 14.6 Å². The Morgan fingerprint density at radius 2 is 1.83 bits per heavy atom. The zero-order valence-electron chi connectivity index (χ0n) is 17.0. The van der Waals surface area contributed by atoms with Gasteiger partial charge in [-0.2, -0.15) is 0 Å². The van der Waals surface area contributed by atoms with Gasteiger partial charge in [0.05, 0.1) is 17.6 Å². The first-order valence-corrected chi connectivity index (χ1v) is 11.3. The molecule has 162 valence electrons. The minimum atomic E-state index is -3.92. The highest BCUT2D eigenvalue weighted by Gasteiger charge is 2.17. The smallest absolute Gasteiger partial charge is 0.255 e. The van der Waals surface area contributed by atoms with E-state index in [1.807, 2.05) is 24.3 Å². The van der Waals surface area contributed by atoms with Crippen molar-refractivity contribution in [2.45, 2.75) is 24.3 Å². The summed E-state index contributed by atoms with van der Waals surface area (Å²) in [5.41, 5.74) is 0.989. The topological polar surface area (TPSA) is 111 Å². The Bertz CT molecular complexity index is 971. The second-order valence-electron chi connectivity index (χ2n) is 7.13. The Morgan fingerprint density at radius 1 is 1.13 bits per heavy atom. The molecule has 0 aromatic heterocycles. The maximum absolute atomic E-state index is 12.6. The molecule has 0 aliphatic carbocycles. The van der Waals surface area contributed by atoms with Gasteiger partial charge in [-0.05, 0) is 61.8 Å². The Labute approximate surface area is 177 Å². The molecule has 1 amide bonds. The number of hydrogen-bond acceptors (Lipinski definition) is 6. The predicted molar refractivity (Wildman–Crippen MR) is 113 cm³/mol. The first-order valence-electron chi connectivity index (χ1n) is 9.80. The number of hydrogen-bond donors (Lipinski definition) is 2. The SMILES string of the molecule is COc1ccc(S(N)(=O)=O)cc1C(=O)NCc1ccc(OCCN2CCCC2)cc1. The van der Waals surface area contributed by atoms with Gasteiger partial charge in [-0.15, -0.1) is 0 Å². The number of likely N-dealkylation sites (tertiary alicyclic amines) is 1. The van der Waals surface area contributed by atoms with E-state index in [1.165, 1.54) is 38.2 Å². The molecule has 1 heterocycles. The lowest BCUT2D eigenvalue weighted by Gasteiger charge is -2.15. The number of nitrogens with zero attached hydrogens (tertiary/aromatic N) is 1. The van der Waals surface area contributed by atoms with Crippen molar-refractivity contribution in [3.05, 3.63) is 53.6 Å². The van der Waals surface area contributed by atoms with E-state index in [9.17, 15) is 13.2 Å². The molecule has 0 saturated carbocycles. The fourth-order valence-corrected chi connectivity index (χ4v) is 3.86. The number of amides is 1. The summed E-state index contributed by atoms with van der Waals surface area (Å²) in [4.78, 5) is 14.8. The zero-order chi connectivity index (χ0) is 21.6. The third-order valence-corrected chi connectivity index (χ3v) is 5.91. The van der Waals surface area contributed by atoms with E-state index < -0.39 is 15.9 Å². The molecule has 0 radical (unpaired) electrons. The molecular formula is C21H27N3O5S. The Balaban J connectivity index is 1.55. The van der Waals surface area contributed by atoms with Crippen LogP contribution >= 0.6 is 0 Å². The van der Waals surface area contributed by atoms with Crippen LogP contribution in [-0.2, 0) is 16.6 Å². The van der Waals surface area contributed by atoms with Crippen LogP contribution in [0.15, 0.2) is 47.4 Å². The van der Waals surface area contributed by atoms with Crippen molar-refractivity contribution in [2.75, 3.05) is 33.4 Å². The van der Waals surface area contributed by atoms with Crippen LogP contribution in [0.25, 0.3) is 0 Å². The van der Waals surface area contributed by atoms with E-state index in [0.29, 0.717) is 6.61 Å². The number of carbonyl (C=O) groups excluding carboxylic acids is 1. The predicted octanol–water partition coefficient (Wildman–Crippen LogP) is 1.75. The number of nitrogens with one attached hydrogen (secondary N) is 1. The largest absolute Gasteiger partial charge is 0.496 e. The minimum absolute atomic E-state index is 0.103. The highest BCUT2D eigenvalue weighted by Crippen LogP contribution is 2.22. The number of benzene rings is 2. The van der Waals surface area contributed by atoms with Crippen LogP contribution in [0.4, 0.5) is 0 Å². The van der Waals surface area contributed by atoms with Crippen LogP contribution in [0.5, 0.6) is 11.5 Å². The second-order valence-corrected chi connectivity index (χ2v) is 8.69. The lowest BCUT2D eigenvalue weighted by atomic mass is 10.1. The average molecular weight is 434 g/mol. The van der Waals surface area contributed by atoms with E-state index >= 15 is 0 Å². The Hall–Kier alpha value is -2.62. The first kappa shape index (κ1) is 22.1. The summed E-state index contributed by atoms with van der Waals surface area (Å²) in [6.45, 7) is 4.14. The Kier molecular flexibility index (Phi) is 7.30. The van der Waals surface area contributed by atoms with Gasteiger partial charge in [0.15, 0.2) is 0 Å². The summed E-state index contributed by atoms with van der Waals surface area (Å²) in [6.07, 6.45) is 2.53. The summed E-state index contributed by atoms with van der Waals surface area (Å²) in [6, 6.07) is 11.4. The number of ether oxygens (including phenoxy) is 2. The molecular weight excluding hydrogens is 406 g/mol. The number of nitrogens with two attached hydrogens (primary N) is 1. The highest BCUT2D eigenvalue weighted by molar-refractivity contribution is 7.89. The van der Waals surface area contributed by atoms with Gasteiger partial charge in [-0.3, -0.25) is 9.69 Å². The van der Waals surface area contributed by atoms with Gasteiger partial charge in [0.2, 0.25) is 10.0 Å². The second kappa shape index (κ2) is 9.92. The summed E-state index contributed by atoms with van der Waals surface area (Å²) in [7, 11) is -2.51. The molecule has 1 aliphatic heterocycles. The molecule has 9 heteroatoms. The quantitative estimate of drug-likeness (QED) is 0.623. The molecule has 0 unspecified atom stereocenters. The molecule has 1 fully saturated rings. The molecule has 8 nitrogen and oxygen atoms in total. The maximum Gasteiger partial charge on any atom is 0.255 e. The summed E-state index contributed by atoms with van der Waals surface area (Å²) in [5.74, 6) is 0.594. The number of methoxy groups -OCH3 is 1. The molecule has 2 aromatic carbocycles. The van der Waals surface area contributed by atoms with Gasteiger partial charge in [-0.25, -0.2) is 13.6 Å². The standard InChI is InChI=1S/C21H27N3O5S/c1-28-20-9-8-18(30(22,26)27)14-19(20)21(25)23-15-16-4-6-17(7-5-16)29-13-12-24-10-2-3-11-24/h4-9,14H,2-3,10-13,15H2,1H3,(H,23,25)(H2,22,26,27). The van der Waals surface area contributed by atoms with Crippen molar-refractivity contribution in [1.29, 1.82) is 0 Å². The van der Waals surface area contributed by atoms with Crippen LogP contribution in [0.2, 0.25) is 0 Å². The van der Waals surface area contributed by atoms with Crippen LogP contribution in [0, 0.1) is 0 Å². The van der Waals surface area contributed by atoms with Crippen LogP contribution in [0.1, 0.15) is 28.8 Å². The maximum atomic E-state index is 12.6. The summed E-state index contributed by atoms with van der Waals surface area (Å²) >= 11 is 0. The number of primary sulfonamides is 1. The van der Waals surface area contributed by atoms with Crippen LogP contribution in [0.3, 0.4) is 0 Å². The van der Waals surface area contributed by atoms with Gasteiger partial charge < -0.3 is 14.8 Å². The van der Waals surface area contributed by atoms with Crippen LogP contribution in [-0.4, -0.2) is 52.6 Å². The molecule has 3 rings (SSSR count). The molecule has 2 aromatic rings. The third-order valence-electron chi connectivity index (χ3n) is 5.00. The van der Waals surface area contributed by atoms with Crippen molar-refractivity contribution in [3.8, 4) is 11.5 Å². The number of rotatable bonds is 9. The molecule has 3 N–H and O–H groups in total. The molecule has 0 bridgehead atoms. The lowest BCUT2D eigenvalue weighted by Crippen LogP contribution is -2.25. The van der Waals surface area contributed by atoms with Gasteiger partial charge in [0.25, 0.3) is 5.91 Å². The van der Waals surface area contributed by atoms with Crippen molar-refractivity contribution in [3.63, 3.8) is 0 Å². The fraction of sp³-hybridized carbons (Fsp3) is 0.381. The normalized spacial score (nSPS) is 14.5. The Morgan fingerprint density at radius 3 is 2.47 bits per heavy atom. The van der Waals surface area contributed by atoms with Gasteiger partial charge in [0.1, 0.15) is 18.1 Å². The van der Waals surface area contributed by atoms with E-state index in [0.717, 1.165) is 30.9 Å². The van der Waals surface area contributed by atoms with Crippen molar-refractivity contribution < 1.29 is 22.7 Å². The van der Waals surface area contributed by atoms with Gasteiger partial charge in [-0.1, -0.05) is 12.1 Å². The highest BCUT2D eigenvalue weighted by atomic mass is 32.2. The molecule has 1 saturated heterocycles. The fourth-order valence-electron chi connectivity index (χ4n) is 3.32. The van der Waals surface area contributed by atoms with Crippen LogP contribution < -0.4 is 19.9 Å². The summed E-state index contributed by atoms with van der Waals surface area (Å²) in [5, 5.41) is 7.92. The van der Waals surface area contributed by atoms with Crippen molar-refractivity contribution >= 4 is 15.9 Å². The van der Waals surface area contributed by atoms with E-state index in [2.05, 4.69) is 10.2 Å². The molecule has 1 aliphatic rings. The van der Waals surface area contributed by atoms with Gasteiger partial charge >= 0.3 is 0 Å². The van der Waals surface area contributed by atoms with Crippen molar-refractivity contribution in [2.24, 2.45) is 5.14 Å². The first-order chi connectivity index (χ1) is 14.4. The van der Waals surface area contributed by atoms with Crippen molar-refractivity contribution in [1.82, 2.24) is 10.2 Å². The monoisotopic (exact) mass is 433 g/mol. The van der Waals surface area contributed by atoms with E-state index in [1.54, 1.807) is 0 Å². The average Bonchev–Trinajstić information content (AvgIpc) is 3.25. The molecule has 0 spiro atoms. The molecule has 0 atom stereocenters. The third kappa shape index (κ3) is 5.94. The number of carbonyl (C=O) groups is 1. The molecule has 30 heavy (non-hydrogen) atoms. The lowest BCUT2D eigenvalue weighted by molar-refractivity contribution is 0.0947. The number of sulfonamides is 1.